The van der Waals surface area contributed by atoms with E-state index in [1.54, 1.807) is 6.20 Å². The molecule has 1 aliphatic heterocycles. The maximum absolute atomic E-state index is 12.9. The molecule has 3 heterocycles. The van der Waals surface area contributed by atoms with E-state index < -0.39 is 12.1 Å². The lowest BCUT2D eigenvalue weighted by atomic mass is 9.99. The van der Waals surface area contributed by atoms with Crippen LogP contribution in [0.1, 0.15) is 23.8 Å². The van der Waals surface area contributed by atoms with Crippen molar-refractivity contribution in [3.63, 3.8) is 0 Å². The van der Waals surface area contributed by atoms with E-state index in [4.69, 9.17) is 5.73 Å². The predicted octanol–water partition coefficient (Wildman–Crippen LogP) is 0.501. The van der Waals surface area contributed by atoms with Crippen molar-refractivity contribution >= 4 is 0 Å². The maximum Gasteiger partial charge on any atom is 0.393 e. The molecule has 2 N–H and O–H groups in total. The minimum atomic E-state index is -4.20. The second-order valence-corrected chi connectivity index (χ2v) is 5.03. The molecule has 114 valence electrons. The molecule has 2 aromatic rings. The fourth-order valence-corrected chi connectivity index (χ4v) is 2.42. The SMILES string of the molecule is NCc1cn(Cc2nnc3n2CC(C(F)(F)F)CC3)nn1. The van der Waals surface area contributed by atoms with Crippen LogP contribution in [0.4, 0.5) is 13.2 Å². The van der Waals surface area contributed by atoms with E-state index >= 15 is 0 Å². The fourth-order valence-electron chi connectivity index (χ4n) is 2.42. The molecule has 2 aromatic heterocycles. The minimum absolute atomic E-state index is 0.0578. The molecule has 10 heteroatoms. The van der Waals surface area contributed by atoms with Gasteiger partial charge in [-0.05, 0) is 6.42 Å². The summed E-state index contributed by atoms with van der Waals surface area (Å²) < 4.78 is 41.6. The number of halogens is 3. The van der Waals surface area contributed by atoms with E-state index in [0.717, 1.165) is 0 Å². The highest BCUT2D eigenvalue weighted by Crippen LogP contribution is 2.34. The summed E-state index contributed by atoms with van der Waals surface area (Å²) in [6, 6.07) is 0. The van der Waals surface area contributed by atoms with Gasteiger partial charge in [0, 0.05) is 19.5 Å². The number of hydrogen-bond acceptors (Lipinski definition) is 5. The van der Waals surface area contributed by atoms with Crippen molar-refractivity contribution in [2.75, 3.05) is 0 Å². The lowest BCUT2D eigenvalue weighted by Gasteiger charge is -2.26. The minimum Gasteiger partial charge on any atom is -0.325 e. The van der Waals surface area contributed by atoms with Crippen LogP contribution in [0.15, 0.2) is 6.20 Å². The molecule has 0 fully saturated rings. The second-order valence-electron chi connectivity index (χ2n) is 5.03. The Bertz CT molecular complexity index is 630. The van der Waals surface area contributed by atoms with Gasteiger partial charge in [0.05, 0.1) is 17.8 Å². The number of aromatic nitrogens is 6. The Balaban J connectivity index is 1.81. The van der Waals surface area contributed by atoms with Crippen LogP contribution >= 0.6 is 0 Å². The van der Waals surface area contributed by atoms with Gasteiger partial charge in [-0.15, -0.1) is 15.3 Å². The molecule has 7 nitrogen and oxygen atoms in total. The Labute approximate surface area is 117 Å². The van der Waals surface area contributed by atoms with E-state index in [0.29, 0.717) is 17.3 Å². The zero-order valence-electron chi connectivity index (χ0n) is 11.1. The summed E-state index contributed by atoms with van der Waals surface area (Å²) >= 11 is 0. The van der Waals surface area contributed by atoms with E-state index in [9.17, 15) is 13.2 Å². The lowest BCUT2D eigenvalue weighted by molar-refractivity contribution is -0.182. The summed E-state index contributed by atoms with van der Waals surface area (Å²) in [5, 5.41) is 15.6. The lowest BCUT2D eigenvalue weighted by Crippen LogP contribution is -2.33. The highest BCUT2D eigenvalue weighted by Gasteiger charge is 2.42. The molecular weight excluding hydrogens is 287 g/mol. The number of aryl methyl sites for hydroxylation is 1. The standard InChI is InChI=1S/C11H14F3N7/c12-11(13,14)7-1-2-9-17-18-10(21(9)4-7)6-20-5-8(3-15)16-19-20/h5,7H,1-4,6,15H2. The van der Waals surface area contributed by atoms with Gasteiger partial charge in [-0.25, -0.2) is 4.68 Å². The van der Waals surface area contributed by atoms with Crippen LogP contribution in [-0.2, 0) is 26.1 Å². The van der Waals surface area contributed by atoms with Gasteiger partial charge < -0.3 is 10.3 Å². The van der Waals surface area contributed by atoms with Gasteiger partial charge in [-0.1, -0.05) is 5.21 Å². The van der Waals surface area contributed by atoms with Crippen molar-refractivity contribution in [1.82, 2.24) is 29.8 Å². The van der Waals surface area contributed by atoms with Crippen LogP contribution in [0.5, 0.6) is 0 Å². The monoisotopic (exact) mass is 301 g/mol. The van der Waals surface area contributed by atoms with E-state index in [1.807, 2.05) is 0 Å². The molecule has 0 saturated heterocycles. The largest absolute Gasteiger partial charge is 0.393 e. The summed E-state index contributed by atoms with van der Waals surface area (Å²) in [7, 11) is 0. The Kier molecular flexibility index (Phi) is 3.40. The third kappa shape index (κ3) is 2.75. The molecule has 0 radical (unpaired) electrons. The molecule has 21 heavy (non-hydrogen) atoms. The number of fused-ring (bicyclic) bond motifs is 1. The van der Waals surface area contributed by atoms with Crippen molar-refractivity contribution in [3.8, 4) is 0 Å². The Morgan fingerprint density at radius 1 is 1.29 bits per heavy atom. The number of nitrogens with zero attached hydrogens (tertiary/aromatic N) is 6. The van der Waals surface area contributed by atoms with Gasteiger partial charge in [-0.2, -0.15) is 13.2 Å². The second kappa shape index (κ2) is 5.10. The average molecular weight is 301 g/mol. The van der Waals surface area contributed by atoms with Gasteiger partial charge in [0.1, 0.15) is 12.4 Å². The van der Waals surface area contributed by atoms with Gasteiger partial charge in [0.25, 0.3) is 0 Å². The molecule has 0 aromatic carbocycles. The molecule has 1 atom stereocenters. The topological polar surface area (TPSA) is 87.4 Å². The van der Waals surface area contributed by atoms with Crippen LogP contribution in [0.25, 0.3) is 0 Å². The molecule has 1 unspecified atom stereocenters. The van der Waals surface area contributed by atoms with Crippen LogP contribution < -0.4 is 5.73 Å². The van der Waals surface area contributed by atoms with Gasteiger partial charge in [0.15, 0.2) is 5.82 Å². The molecule has 3 rings (SSSR count). The predicted molar refractivity (Wildman–Crippen MR) is 64.9 cm³/mol. The third-order valence-corrected chi connectivity index (χ3v) is 3.58. The van der Waals surface area contributed by atoms with Crippen molar-refractivity contribution in [1.29, 1.82) is 0 Å². The van der Waals surface area contributed by atoms with Crippen molar-refractivity contribution in [2.45, 2.75) is 38.7 Å². The molecule has 0 saturated carbocycles. The number of nitrogens with two attached hydrogens (primary N) is 1. The molecule has 1 aliphatic rings. The maximum atomic E-state index is 12.9. The zero-order chi connectivity index (χ0) is 15.0. The van der Waals surface area contributed by atoms with Gasteiger partial charge >= 0.3 is 6.18 Å². The number of hydrogen-bond donors (Lipinski definition) is 1. The molecule has 0 amide bonds. The van der Waals surface area contributed by atoms with Crippen molar-refractivity contribution in [2.24, 2.45) is 11.7 Å². The molecule has 0 aliphatic carbocycles. The first kappa shape index (κ1) is 14.0. The van der Waals surface area contributed by atoms with Crippen molar-refractivity contribution < 1.29 is 13.2 Å². The van der Waals surface area contributed by atoms with Crippen LogP contribution in [0.3, 0.4) is 0 Å². The van der Waals surface area contributed by atoms with Gasteiger partial charge in [-0.3, -0.25) is 0 Å². The third-order valence-electron chi connectivity index (χ3n) is 3.58. The van der Waals surface area contributed by atoms with E-state index in [1.165, 1.54) is 9.25 Å². The molecular formula is C11H14F3N7. The highest BCUT2D eigenvalue weighted by atomic mass is 19.4. The normalized spacial score (nSPS) is 18.8. The van der Waals surface area contributed by atoms with Crippen molar-refractivity contribution in [3.05, 3.63) is 23.5 Å². The van der Waals surface area contributed by atoms with Gasteiger partial charge in [0.2, 0.25) is 0 Å². The summed E-state index contributed by atoms with van der Waals surface area (Å²) in [5.74, 6) is -0.313. The van der Waals surface area contributed by atoms with Crippen LogP contribution in [-0.4, -0.2) is 35.9 Å². The number of rotatable bonds is 3. The average Bonchev–Trinajstić information content (AvgIpc) is 3.05. The first-order valence-corrected chi connectivity index (χ1v) is 6.54. The molecule has 0 spiro atoms. The summed E-state index contributed by atoms with van der Waals surface area (Å²) in [6.07, 6.45) is -2.21. The Morgan fingerprint density at radius 3 is 2.76 bits per heavy atom. The first-order chi connectivity index (χ1) is 9.97. The fraction of sp³-hybridized carbons (Fsp3) is 0.636. The number of alkyl halides is 3. The first-order valence-electron chi connectivity index (χ1n) is 6.54. The van der Waals surface area contributed by atoms with E-state index in [2.05, 4.69) is 20.5 Å². The Hall–Kier alpha value is -1.97. The summed E-state index contributed by atoms with van der Waals surface area (Å²) in [5.41, 5.74) is 6.05. The van der Waals surface area contributed by atoms with Crippen LogP contribution in [0.2, 0.25) is 0 Å². The van der Waals surface area contributed by atoms with E-state index in [-0.39, 0.29) is 32.5 Å². The highest BCUT2D eigenvalue weighted by molar-refractivity contribution is 5.02. The summed E-state index contributed by atoms with van der Waals surface area (Å²) in [6.45, 7) is 0.346. The quantitative estimate of drug-likeness (QED) is 0.892. The van der Waals surface area contributed by atoms with Crippen LogP contribution in [0, 0.1) is 5.92 Å². The zero-order valence-corrected chi connectivity index (χ0v) is 11.1. The molecule has 0 bridgehead atoms. The summed E-state index contributed by atoms with van der Waals surface area (Å²) in [4.78, 5) is 0. The Morgan fingerprint density at radius 2 is 2.10 bits per heavy atom. The smallest absolute Gasteiger partial charge is 0.325 e.